The van der Waals surface area contributed by atoms with Crippen molar-refractivity contribution in [3.63, 3.8) is 0 Å². The smallest absolute Gasteiger partial charge is 0.272 e. The number of piperidine rings is 1. The summed E-state index contributed by atoms with van der Waals surface area (Å²) in [5.74, 6) is 0.177. The lowest BCUT2D eigenvalue weighted by Crippen LogP contribution is -2.44. The van der Waals surface area contributed by atoms with Crippen LogP contribution in [0.25, 0.3) is 5.65 Å². The van der Waals surface area contributed by atoms with Crippen LogP contribution in [0.1, 0.15) is 35.4 Å². The van der Waals surface area contributed by atoms with Gasteiger partial charge in [-0.1, -0.05) is 6.07 Å². The van der Waals surface area contributed by atoms with Crippen LogP contribution < -0.4 is 5.32 Å². The van der Waals surface area contributed by atoms with Crippen LogP contribution in [0.5, 0.6) is 0 Å². The predicted octanol–water partition coefficient (Wildman–Crippen LogP) is 1.39. The maximum atomic E-state index is 12.9. The van der Waals surface area contributed by atoms with E-state index in [1.807, 2.05) is 40.6 Å². The summed E-state index contributed by atoms with van der Waals surface area (Å²) in [5, 5.41) is 2.93. The summed E-state index contributed by atoms with van der Waals surface area (Å²) in [4.78, 5) is 30.8. The molecule has 2 aromatic heterocycles. The van der Waals surface area contributed by atoms with Crippen LogP contribution in [0.15, 0.2) is 24.4 Å². The molecule has 0 aliphatic carbocycles. The highest BCUT2D eigenvalue weighted by Gasteiger charge is 2.42. The van der Waals surface area contributed by atoms with E-state index in [1.165, 1.54) is 0 Å². The maximum Gasteiger partial charge on any atom is 0.272 e. The SMILES string of the molecule is Cc1nc2ccccn2c1C(=O)N1CCC2(CC1)CNC(=O)C2. The molecule has 23 heavy (non-hydrogen) atoms. The van der Waals surface area contributed by atoms with Crippen LogP contribution in [0.3, 0.4) is 0 Å². The molecular formula is C17H20N4O2. The number of hydrogen-bond donors (Lipinski definition) is 1. The van der Waals surface area contributed by atoms with Crippen molar-refractivity contribution in [2.75, 3.05) is 19.6 Å². The van der Waals surface area contributed by atoms with E-state index in [9.17, 15) is 9.59 Å². The van der Waals surface area contributed by atoms with E-state index in [-0.39, 0.29) is 17.2 Å². The fourth-order valence-corrected chi connectivity index (χ4v) is 3.81. The molecule has 2 aromatic rings. The van der Waals surface area contributed by atoms with E-state index in [2.05, 4.69) is 10.3 Å². The van der Waals surface area contributed by atoms with Crippen molar-refractivity contribution < 1.29 is 9.59 Å². The number of nitrogens with zero attached hydrogens (tertiary/aromatic N) is 3. The topological polar surface area (TPSA) is 66.7 Å². The minimum Gasteiger partial charge on any atom is -0.356 e. The van der Waals surface area contributed by atoms with Crippen LogP contribution in [0, 0.1) is 12.3 Å². The number of aryl methyl sites for hydroxylation is 1. The molecule has 2 amide bonds. The molecule has 6 nitrogen and oxygen atoms in total. The van der Waals surface area contributed by atoms with Crippen LogP contribution in [-0.2, 0) is 4.79 Å². The number of carbonyl (C=O) groups is 2. The van der Waals surface area contributed by atoms with Gasteiger partial charge in [-0.25, -0.2) is 4.98 Å². The van der Waals surface area contributed by atoms with Crippen molar-refractivity contribution in [1.82, 2.24) is 19.6 Å². The molecule has 0 bridgehead atoms. The third-order valence-corrected chi connectivity index (χ3v) is 5.21. The Morgan fingerprint density at radius 1 is 1.30 bits per heavy atom. The number of amides is 2. The zero-order chi connectivity index (χ0) is 16.0. The Bertz CT molecular complexity index is 787. The van der Waals surface area contributed by atoms with E-state index in [0.29, 0.717) is 25.2 Å². The Hall–Kier alpha value is -2.37. The number of rotatable bonds is 1. The zero-order valence-electron chi connectivity index (χ0n) is 13.2. The van der Waals surface area contributed by atoms with Crippen LogP contribution >= 0.6 is 0 Å². The molecule has 120 valence electrons. The van der Waals surface area contributed by atoms with Gasteiger partial charge in [-0.3, -0.25) is 14.0 Å². The summed E-state index contributed by atoms with van der Waals surface area (Å²) in [7, 11) is 0. The van der Waals surface area contributed by atoms with E-state index in [0.717, 1.165) is 30.7 Å². The quantitative estimate of drug-likeness (QED) is 0.865. The minimum atomic E-state index is 0.0355. The van der Waals surface area contributed by atoms with Gasteiger partial charge in [0.1, 0.15) is 11.3 Å². The lowest BCUT2D eigenvalue weighted by atomic mass is 9.77. The minimum absolute atomic E-state index is 0.0355. The van der Waals surface area contributed by atoms with Crippen LogP contribution in [-0.4, -0.2) is 45.7 Å². The second-order valence-electron chi connectivity index (χ2n) is 6.72. The molecule has 4 rings (SSSR count). The molecule has 2 saturated heterocycles. The number of pyridine rings is 1. The Balaban J connectivity index is 1.56. The number of aromatic nitrogens is 2. The lowest BCUT2D eigenvalue weighted by Gasteiger charge is -2.38. The number of nitrogens with one attached hydrogen (secondary N) is 1. The second-order valence-corrected chi connectivity index (χ2v) is 6.72. The number of imidazole rings is 1. The van der Waals surface area contributed by atoms with Gasteiger partial charge in [0.15, 0.2) is 0 Å². The summed E-state index contributed by atoms with van der Waals surface area (Å²) in [5.41, 5.74) is 2.27. The summed E-state index contributed by atoms with van der Waals surface area (Å²) in [6, 6.07) is 5.74. The molecule has 2 aliphatic rings. The van der Waals surface area contributed by atoms with Gasteiger partial charge in [0, 0.05) is 32.3 Å². The number of hydrogen-bond acceptors (Lipinski definition) is 3. The Kier molecular flexibility index (Phi) is 3.14. The normalized spacial score (nSPS) is 20.2. The van der Waals surface area contributed by atoms with Gasteiger partial charge in [-0.15, -0.1) is 0 Å². The second kappa shape index (κ2) is 5.08. The molecule has 2 fully saturated rings. The van der Waals surface area contributed by atoms with Gasteiger partial charge in [0.2, 0.25) is 5.91 Å². The van der Waals surface area contributed by atoms with E-state index >= 15 is 0 Å². The van der Waals surface area contributed by atoms with E-state index in [4.69, 9.17) is 0 Å². The average Bonchev–Trinajstić information content (AvgIpc) is 3.07. The molecule has 2 aliphatic heterocycles. The van der Waals surface area contributed by atoms with Crippen molar-refractivity contribution in [3.05, 3.63) is 35.8 Å². The van der Waals surface area contributed by atoms with E-state index < -0.39 is 0 Å². The molecule has 4 heterocycles. The van der Waals surface area contributed by atoms with Crippen molar-refractivity contribution in [3.8, 4) is 0 Å². The highest BCUT2D eigenvalue weighted by Crippen LogP contribution is 2.37. The molecule has 0 saturated carbocycles. The summed E-state index contributed by atoms with van der Waals surface area (Å²) in [6.45, 7) is 4.04. The molecule has 1 N–H and O–H groups in total. The monoisotopic (exact) mass is 312 g/mol. The third kappa shape index (κ3) is 2.29. The van der Waals surface area contributed by atoms with Gasteiger partial charge < -0.3 is 10.2 Å². The maximum absolute atomic E-state index is 12.9. The van der Waals surface area contributed by atoms with Crippen molar-refractivity contribution in [1.29, 1.82) is 0 Å². The van der Waals surface area contributed by atoms with Gasteiger partial charge >= 0.3 is 0 Å². The molecular weight excluding hydrogens is 292 g/mol. The average molecular weight is 312 g/mol. The Labute approximate surface area is 134 Å². The lowest BCUT2D eigenvalue weighted by molar-refractivity contribution is -0.119. The van der Waals surface area contributed by atoms with Crippen molar-refractivity contribution in [2.45, 2.75) is 26.2 Å². The first kappa shape index (κ1) is 14.2. The fraction of sp³-hybridized carbons (Fsp3) is 0.471. The standard InChI is InChI=1S/C17H20N4O2/c1-12-15(21-7-3-2-4-13(21)19-12)16(23)20-8-5-17(6-9-20)10-14(22)18-11-17/h2-4,7H,5-6,8-11H2,1H3,(H,18,22). The molecule has 1 spiro atoms. The third-order valence-electron chi connectivity index (χ3n) is 5.21. The molecule has 0 radical (unpaired) electrons. The summed E-state index contributed by atoms with van der Waals surface area (Å²) < 4.78 is 1.86. The van der Waals surface area contributed by atoms with E-state index in [1.54, 1.807) is 0 Å². The first-order valence-electron chi connectivity index (χ1n) is 8.08. The summed E-state index contributed by atoms with van der Waals surface area (Å²) >= 11 is 0. The Morgan fingerprint density at radius 2 is 2.09 bits per heavy atom. The first-order chi connectivity index (χ1) is 11.1. The van der Waals surface area contributed by atoms with Gasteiger partial charge in [0.05, 0.1) is 5.69 Å². The number of likely N-dealkylation sites (tertiary alicyclic amines) is 1. The van der Waals surface area contributed by atoms with Gasteiger partial charge in [0.25, 0.3) is 5.91 Å². The Morgan fingerprint density at radius 3 is 2.78 bits per heavy atom. The number of carbonyl (C=O) groups excluding carboxylic acids is 2. The predicted molar refractivity (Wildman–Crippen MR) is 85.1 cm³/mol. The number of fused-ring (bicyclic) bond motifs is 1. The summed E-state index contributed by atoms with van der Waals surface area (Å²) in [6.07, 6.45) is 4.25. The first-order valence-corrected chi connectivity index (χ1v) is 8.08. The van der Waals surface area contributed by atoms with Crippen LogP contribution in [0.4, 0.5) is 0 Å². The van der Waals surface area contributed by atoms with Gasteiger partial charge in [-0.05, 0) is 37.3 Å². The largest absolute Gasteiger partial charge is 0.356 e. The van der Waals surface area contributed by atoms with Crippen LogP contribution in [0.2, 0.25) is 0 Å². The van der Waals surface area contributed by atoms with Crippen molar-refractivity contribution >= 4 is 17.5 Å². The van der Waals surface area contributed by atoms with Crippen molar-refractivity contribution in [2.24, 2.45) is 5.41 Å². The molecule has 0 aromatic carbocycles. The zero-order valence-corrected chi connectivity index (χ0v) is 13.2. The molecule has 0 atom stereocenters. The highest BCUT2D eigenvalue weighted by atomic mass is 16.2. The molecule has 0 unspecified atom stereocenters. The highest BCUT2D eigenvalue weighted by molar-refractivity contribution is 5.94. The molecule has 6 heteroatoms. The fourth-order valence-electron chi connectivity index (χ4n) is 3.81. The van der Waals surface area contributed by atoms with Gasteiger partial charge in [-0.2, -0.15) is 0 Å².